The Bertz CT molecular complexity index is 715. The van der Waals surface area contributed by atoms with Crippen LogP contribution in [-0.4, -0.2) is 11.8 Å². The Balaban J connectivity index is 2.31. The van der Waals surface area contributed by atoms with Gasteiger partial charge in [0.2, 0.25) is 5.91 Å². The zero-order chi connectivity index (χ0) is 15.6. The minimum absolute atomic E-state index is 0.114. The van der Waals surface area contributed by atoms with E-state index in [1.807, 2.05) is 0 Å². The van der Waals surface area contributed by atoms with Crippen LogP contribution in [0.1, 0.15) is 20.7 Å². The summed E-state index contributed by atoms with van der Waals surface area (Å²) in [7, 11) is 0. The summed E-state index contributed by atoms with van der Waals surface area (Å²) in [5.74, 6) is -3.22. The van der Waals surface area contributed by atoms with E-state index in [2.05, 4.69) is 5.32 Å². The molecule has 0 saturated heterocycles. The average Bonchev–Trinajstić information content (AvgIpc) is 2.39. The fraction of sp³-hybridized carbons (Fsp3) is 0. The molecule has 0 aliphatic carbocycles. The zero-order valence-electron chi connectivity index (χ0n) is 10.5. The van der Waals surface area contributed by atoms with Gasteiger partial charge in [0.15, 0.2) is 0 Å². The SMILES string of the molecule is NC(=O)c1ccc(Cl)c(NC(=O)c2cc(F)cc(F)c2)c1. The summed E-state index contributed by atoms with van der Waals surface area (Å²) in [6.45, 7) is 0. The molecule has 0 aliphatic rings. The first-order valence-electron chi connectivity index (χ1n) is 5.73. The molecule has 0 unspecified atom stereocenters. The zero-order valence-corrected chi connectivity index (χ0v) is 11.2. The van der Waals surface area contributed by atoms with Crippen molar-refractivity contribution < 1.29 is 18.4 Å². The van der Waals surface area contributed by atoms with Gasteiger partial charge in [0.1, 0.15) is 11.6 Å². The number of rotatable bonds is 3. The number of anilines is 1. The lowest BCUT2D eigenvalue weighted by molar-refractivity contribution is 0.0996. The predicted octanol–water partition coefficient (Wildman–Crippen LogP) is 2.97. The number of hydrogen-bond donors (Lipinski definition) is 2. The van der Waals surface area contributed by atoms with E-state index < -0.39 is 23.4 Å². The molecule has 0 aliphatic heterocycles. The minimum Gasteiger partial charge on any atom is -0.366 e. The molecule has 0 radical (unpaired) electrons. The number of hydrogen-bond acceptors (Lipinski definition) is 2. The van der Waals surface area contributed by atoms with Crippen LogP contribution < -0.4 is 11.1 Å². The molecule has 0 spiro atoms. The van der Waals surface area contributed by atoms with E-state index in [0.29, 0.717) is 6.07 Å². The predicted molar refractivity (Wildman–Crippen MR) is 74.3 cm³/mol. The van der Waals surface area contributed by atoms with Gasteiger partial charge in [0.05, 0.1) is 10.7 Å². The second kappa shape index (κ2) is 5.88. The molecule has 4 nitrogen and oxygen atoms in total. The van der Waals surface area contributed by atoms with E-state index >= 15 is 0 Å². The van der Waals surface area contributed by atoms with Gasteiger partial charge in [-0.15, -0.1) is 0 Å². The van der Waals surface area contributed by atoms with Crippen molar-refractivity contribution >= 4 is 29.1 Å². The second-order valence-corrected chi connectivity index (χ2v) is 4.58. The first kappa shape index (κ1) is 14.9. The second-order valence-electron chi connectivity index (χ2n) is 4.17. The number of primary amides is 1. The van der Waals surface area contributed by atoms with Crippen LogP contribution in [0.25, 0.3) is 0 Å². The largest absolute Gasteiger partial charge is 0.366 e. The molecule has 2 rings (SSSR count). The van der Waals surface area contributed by atoms with Crippen molar-refractivity contribution in [1.82, 2.24) is 0 Å². The highest BCUT2D eigenvalue weighted by Gasteiger charge is 2.12. The highest BCUT2D eigenvalue weighted by atomic mass is 35.5. The maximum absolute atomic E-state index is 13.1. The quantitative estimate of drug-likeness (QED) is 0.914. The van der Waals surface area contributed by atoms with E-state index in [1.165, 1.54) is 18.2 Å². The van der Waals surface area contributed by atoms with Crippen molar-refractivity contribution in [2.24, 2.45) is 5.73 Å². The molecular formula is C14H9ClF2N2O2. The lowest BCUT2D eigenvalue weighted by Gasteiger charge is -2.08. The summed E-state index contributed by atoms with van der Waals surface area (Å²) < 4.78 is 26.1. The third-order valence-corrected chi connectivity index (χ3v) is 2.95. The molecule has 0 saturated carbocycles. The number of benzene rings is 2. The number of carbonyl (C=O) groups is 2. The fourth-order valence-electron chi connectivity index (χ4n) is 1.65. The summed E-state index contributed by atoms with van der Waals surface area (Å²) in [6, 6.07) is 6.45. The molecule has 108 valence electrons. The third-order valence-electron chi connectivity index (χ3n) is 2.62. The van der Waals surface area contributed by atoms with Crippen molar-refractivity contribution in [1.29, 1.82) is 0 Å². The van der Waals surface area contributed by atoms with Crippen LogP contribution in [-0.2, 0) is 0 Å². The summed E-state index contributed by atoms with van der Waals surface area (Å²) in [5, 5.41) is 2.52. The number of halogens is 3. The van der Waals surface area contributed by atoms with E-state index in [-0.39, 0.29) is 21.8 Å². The molecule has 0 aromatic heterocycles. The maximum Gasteiger partial charge on any atom is 0.255 e. The van der Waals surface area contributed by atoms with Gasteiger partial charge in [-0.3, -0.25) is 9.59 Å². The molecule has 21 heavy (non-hydrogen) atoms. The van der Waals surface area contributed by atoms with Gasteiger partial charge >= 0.3 is 0 Å². The van der Waals surface area contributed by atoms with Crippen molar-refractivity contribution in [3.05, 3.63) is 64.2 Å². The van der Waals surface area contributed by atoms with Gasteiger partial charge in [-0.25, -0.2) is 8.78 Å². The molecule has 0 heterocycles. The van der Waals surface area contributed by atoms with Crippen LogP contribution >= 0.6 is 11.6 Å². The number of carbonyl (C=O) groups excluding carboxylic acids is 2. The van der Waals surface area contributed by atoms with E-state index in [0.717, 1.165) is 12.1 Å². The molecule has 0 bridgehead atoms. The molecule has 2 amide bonds. The van der Waals surface area contributed by atoms with Crippen LogP contribution in [0.5, 0.6) is 0 Å². The summed E-state index contributed by atoms with van der Waals surface area (Å²) >= 11 is 5.88. The van der Waals surface area contributed by atoms with Crippen molar-refractivity contribution in [2.45, 2.75) is 0 Å². The van der Waals surface area contributed by atoms with Gasteiger partial charge < -0.3 is 11.1 Å². The van der Waals surface area contributed by atoms with Crippen LogP contribution in [0.3, 0.4) is 0 Å². The topological polar surface area (TPSA) is 72.2 Å². The Morgan fingerprint density at radius 2 is 1.62 bits per heavy atom. The molecule has 3 N–H and O–H groups in total. The van der Waals surface area contributed by atoms with E-state index in [1.54, 1.807) is 0 Å². The number of amides is 2. The Morgan fingerprint density at radius 1 is 1.00 bits per heavy atom. The van der Waals surface area contributed by atoms with Crippen LogP contribution in [0.2, 0.25) is 5.02 Å². The van der Waals surface area contributed by atoms with Gasteiger partial charge in [-0.05, 0) is 30.3 Å². The van der Waals surface area contributed by atoms with Crippen molar-refractivity contribution in [2.75, 3.05) is 5.32 Å². The first-order chi connectivity index (χ1) is 9.86. The van der Waals surface area contributed by atoms with Crippen LogP contribution in [0.15, 0.2) is 36.4 Å². The molecule has 2 aromatic rings. The number of nitrogens with two attached hydrogens (primary N) is 1. The van der Waals surface area contributed by atoms with Crippen LogP contribution in [0, 0.1) is 11.6 Å². The summed E-state index contributed by atoms with van der Waals surface area (Å²) in [6.07, 6.45) is 0. The Hall–Kier alpha value is -2.47. The lowest BCUT2D eigenvalue weighted by Crippen LogP contribution is -2.15. The summed E-state index contributed by atoms with van der Waals surface area (Å²) in [4.78, 5) is 23.0. The van der Waals surface area contributed by atoms with Crippen molar-refractivity contribution in [3.63, 3.8) is 0 Å². The van der Waals surface area contributed by atoms with Crippen molar-refractivity contribution in [3.8, 4) is 0 Å². The Morgan fingerprint density at radius 3 is 2.19 bits per heavy atom. The van der Waals surface area contributed by atoms with E-state index in [4.69, 9.17) is 17.3 Å². The molecule has 0 fully saturated rings. The standard InChI is InChI=1S/C14H9ClF2N2O2/c15-11-2-1-7(13(18)20)5-12(11)19-14(21)8-3-9(16)6-10(17)4-8/h1-6H,(H2,18,20)(H,19,21). The van der Waals surface area contributed by atoms with E-state index in [9.17, 15) is 18.4 Å². The lowest BCUT2D eigenvalue weighted by atomic mass is 10.1. The highest BCUT2D eigenvalue weighted by Crippen LogP contribution is 2.23. The molecule has 0 atom stereocenters. The average molecular weight is 311 g/mol. The highest BCUT2D eigenvalue weighted by molar-refractivity contribution is 6.34. The van der Waals surface area contributed by atoms with Gasteiger partial charge in [0, 0.05) is 17.2 Å². The smallest absolute Gasteiger partial charge is 0.255 e. The maximum atomic E-state index is 13.1. The minimum atomic E-state index is -0.878. The molecule has 7 heteroatoms. The number of nitrogens with one attached hydrogen (secondary N) is 1. The first-order valence-corrected chi connectivity index (χ1v) is 6.11. The fourth-order valence-corrected chi connectivity index (χ4v) is 1.82. The van der Waals surface area contributed by atoms with Gasteiger partial charge in [0.25, 0.3) is 5.91 Å². The normalized spacial score (nSPS) is 10.2. The van der Waals surface area contributed by atoms with Gasteiger partial charge in [-0.1, -0.05) is 11.6 Å². The molecular weight excluding hydrogens is 302 g/mol. The summed E-state index contributed by atoms with van der Waals surface area (Å²) in [5.41, 5.74) is 5.16. The van der Waals surface area contributed by atoms with Gasteiger partial charge in [-0.2, -0.15) is 0 Å². The monoisotopic (exact) mass is 310 g/mol. The Labute approximate surface area is 123 Å². The third kappa shape index (κ3) is 3.55. The Kier molecular flexibility index (Phi) is 4.18. The molecule has 2 aromatic carbocycles. The van der Waals surface area contributed by atoms with Crippen LogP contribution in [0.4, 0.5) is 14.5 Å².